The van der Waals surface area contributed by atoms with Crippen molar-refractivity contribution >= 4 is 21.8 Å². The van der Waals surface area contributed by atoms with E-state index in [0.717, 1.165) is 33.2 Å². The predicted octanol–water partition coefficient (Wildman–Crippen LogP) is 8.61. The Morgan fingerprint density at radius 1 is 0.550 bits per heavy atom. The molecule has 2 aromatic heterocycles. The van der Waals surface area contributed by atoms with Crippen molar-refractivity contribution in [1.29, 1.82) is 0 Å². The van der Waals surface area contributed by atoms with Gasteiger partial charge in [0.05, 0.1) is 5.69 Å². The van der Waals surface area contributed by atoms with Crippen molar-refractivity contribution in [2.24, 2.45) is 0 Å². The first-order valence-electron chi connectivity index (χ1n) is 13.6. The summed E-state index contributed by atoms with van der Waals surface area (Å²) in [5.41, 5.74) is 12.8. The molecule has 190 valence electrons. The van der Waals surface area contributed by atoms with Crippen molar-refractivity contribution in [3.8, 4) is 39.1 Å². The minimum absolute atomic E-state index is 0.0482. The first-order chi connectivity index (χ1) is 19.6. The molecule has 8 rings (SSSR count). The van der Waals surface area contributed by atoms with Crippen molar-refractivity contribution in [3.63, 3.8) is 0 Å². The predicted molar refractivity (Wildman–Crippen MR) is 163 cm³/mol. The molecule has 0 bridgehead atoms. The fraction of sp³-hybridized carbons (Fsp3) is 0.0833. The molecule has 0 saturated carbocycles. The molecule has 0 unspecified atom stereocenters. The Kier molecular flexibility index (Phi) is 4.83. The zero-order valence-electron chi connectivity index (χ0n) is 22.3. The van der Waals surface area contributed by atoms with Crippen LogP contribution in [0.15, 0.2) is 122 Å². The summed E-state index contributed by atoms with van der Waals surface area (Å²) in [7, 11) is 0. The second kappa shape index (κ2) is 8.45. The van der Waals surface area contributed by atoms with Crippen LogP contribution in [0.25, 0.3) is 60.9 Å². The number of benzene rings is 5. The Morgan fingerprint density at radius 2 is 1.23 bits per heavy atom. The van der Waals surface area contributed by atoms with Gasteiger partial charge in [0.25, 0.3) is 0 Å². The van der Waals surface area contributed by atoms with Crippen LogP contribution in [0, 0.1) is 0 Å². The normalized spacial score (nSPS) is 13.4. The summed E-state index contributed by atoms with van der Waals surface area (Å²) in [5, 5.41) is 12.2. The largest absolute Gasteiger partial charge is 0.265 e. The van der Waals surface area contributed by atoms with Crippen LogP contribution in [0.5, 0.6) is 0 Å². The SMILES string of the molecule is CC1(C)c2ccccc2-c2ccc(-c3cc4nn(-c5ccc(-c6ccncc6)cc5)nc4c4ccccc34)cc21. The second-order valence-corrected chi connectivity index (χ2v) is 11.0. The molecule has 0 spiro atoms. The third kappa shape index (κ3) is 3.36. The van der Waals surface area contributed by atoms with E-state index in [0.29, 0.717) is 0 Å². The maximum atomic E-state index is 4.95. The molecule has 0 radical (unpaired) electrons. The van der Waals surface area contributed by atoms with Gasteiger partial charge in [0.15, 0.2) is 0 Å². The molecule has 1 aliphatic rings. The summed E-state index contributed by atoms with van der Waals surface area (Å²) < 4.78 is 0. The van der Waals surface area contributed by atoms with Crippen LogP contribution in [-0.4, -0.2) is 20.0 Å². The number of pyridine rings is 1. The van der Waals surface area contributed by atoms with E-state index in [4.69, 9.17) is 10.2 Å². The Morgan fingerprint density at radius 3 is 2.05 bits per heavy atom. The van der Waals surface area contributed by atoms with E-state index in [1.165, 1.54) is 38.8 Å². The van der Waals surface area contributed by atoms with Crippen LogP contribution in [0.1, 0.15) is 25.0 Å². The molecule has 0 atom stereocenters. The van der Waals surface area contributed by atoms with Gasteiger partial charge in [0.2, 0.25) is 0 Å². The van der Waals surface area contributed by atoms with E-state index in [1.54, 1.807) is 4.80 Å². The molecule has 4 nitrogen and oxygen atoms in total. The molecule has 4 heteroatoms. The van der Waals surface area contributed by atoms with Gasteiger partial charge in [-0.15, -0.1) is 10.2 Å². The fourth-order valence-electron chi connectivity index (χ4n) is 6.30. The van der Waals surface area contributed by atoms with Gasteiger partial charge in [-0.05, 0) is 86.3 Å². The fourth-order valence-corrected chi connectivity index (χ4v) is 6.30. The molecule has 0 N–H and O–H groups in total. The third-order valence-electron chi connectivity index (χ3n) is 8.40. The van der Waals surface area contributed by atoms with Crippen LogP contribution in [0.4, 0.5) is 0 Å². The van der Waals surface area contributed by atoms with E-state index < -0.39 is 0 Å². The van der Waals surface area contributed by atoms with Crippen LogP contribution in [-0.2, 0) is 5.41 Å². The molecule has 0 saturated heterocycles. The first kappa shape index (κ1) is 22.9. The third-order valence-corrected chi connectivity index (χ3v) is 8.40. The molecule has 1 aliphatic carbocycles. The molecular formula is C36H26N4. The van der Waals surface area contributed by atoms with Gasteiger partial charge in [-0.1, -0.05) is 86.6 Å². The molecule has 7 aromatic rings. The smallest absolute Gasteiger partial charge is 0.121 e. The van der Waals surface area contributed by atoms with Gasteiger partial charge in [-0.25, -0.2) is 0 Å². The Hall–Kier alpha value is -5.09. The Balaban J connectivity index is 1.26. The van der Waals surface area contributed by atoms with Gasteiger partial charge in [-0.2, -0.15) is 4.80 Å². The highest BCUT2D eigenvalue weighted by molar-refractivity contribution is 6.11. The van der Waals surface area contributed by atoms with E-state index in [1.807, 2.05) is 24.5 Å². The van der Waals surface area contributed by atoms with Crippen LogP contribution in [0.2, 0.25) is 0 Å². The number of aromatic nitrogens is 4. The molecule has 0 aliphatic heterocycles. The summed E-state index contributed by atoms with van der Waals surface area (Å²) in [4.78, 5) is 5.87. The molecule has 40 heavy (non-hydrogen) atoms. The average molecular weight is 515 g/mol. The van der Waals surface area contributed by atoms with Crippen molar-refractivity contribution < 1.29 is 0 Å². The van der Waals surface area contributed by atoms with E-state index in [-0.39, 0.29) is 5.41 Å². The van der Waals surface area contributed by atoms with E-state index in [9.17, 15) is 0 Å². The topological polar surface area (TPSA) is 43.6 Å². The highest BCUT2D eigenvalue weighted by atomic mass is 15.5. The van der Waals surface area contributed by atoms with Gasteiger partial charge in [0.1, 0.15) is 11.0 Å². The summed E-state index contributed by atoms with van der Waals surface area (Å²) in [6, 6.07) is 38.8. The molecule has 0 amide bonds. The van der Waals surface area contributed by atoms with Gasteiger partial charge in [-0.3, -0.25) is 4.98 Å². The van der Waals surface area contributed by atoms with Crippen molar-refractivity contribution in [1.82, 2.24) is 20.0 Å². The summed E-state index contributed by atoms with van der Waals surface area (Å²) in [6.45, 7) is 4.66. The molecular weight excluding hydrogens is 488 g/mol. The second-order valence-electron chi connectivity index (χ2n) is 11.0. The van der Waals surface area contributed by atoms with Crippen molar-refractivity contribution in [3.05, 3.63) is 133 Å². The van der Waals surface area contributed by atoms with E-state index in [2.05, 4.69) is 116 Å². The van der Waals surface area contributed by atoms with Crippen LogP contribution in [0.3, 0.4) is 0 Å². The summed E-state index contributed by atoms with van der Waals surface area (Å²) in [5.74, 6) is 0. The maximum Gasteiger partial charge on any atom is 0.121 e. The highest BCUT2D eigenvalue weighted by Gasteiger charge is 2.35. The number of rotatable bonds is 3. The highest BCUT2D eigenvalue weighted by Crippen LogP contribution is 2.50. The van der Waals surface area contributed by atoms with E-state index >= 15 is 0 Å². The molecule has 2 heterocycles. The minimum atomic E-state index is -0.0482. The lowest BCUT2D eigenvalue weighted by molar-refractivity contribution is 0.660. The zero-order chi connectivity index (χ0) is 26.8. The minimum Gasteiger partial charge on any atom is -0.265 e. The van der Waals surface area contributed by atoms with Crippen molar-refractivity contribution in [2.45, 2.75) is 19.3 Å². The van der Waals surface area contributed by atoms with Gasteiger partial charge in [0, 0.05) is 23.2 Å². The Bertz CT molecular complexity index is 2070. The summed E-state index contributed by atoms with van der Waals surface area (Å²) in [6.07, 6.45) is 3.63. The zero-order valence-corrected chi connectivity index (χ0v) is 22.3. The first-order valence-corrected chi connectivity index (χ1v) is 13.6. The quantitative estimate of drug-likeness (QED) is 0.237. The number of fused-ring (bicyclic) bond motifs is 6. The average Bonchev–Trinajstić information content (AvgIpc) is 3.54. The lowest BCUT2D eigenvalue weighted by atomic mass is 9.81. The van der Waals surface area contributed by atoms with Gasteiger partial charge < -0.3 is 0 Å². The lowest BCUT2D eigenvalue weighted by Crippen LogP contribution is -2.14. The van der Waals surface area contributed by atoms with Crippen LogP contribution >= 0.6 is 0 Å². The number of hydrogen-bond acceptors (Lipinski definition) is 3. The maximum absolute atomic E-state index is 4.95. The van der Waals surface area contributed by atoms with Crippen LogP contribution < -0.4 is 0 Å². The number of nitrogens with zero attached hydrogens (tertiary/aromatic N) is 4. The molecule has 5 aromatic carbocycles. The standard InChI is InChI=1S/C36H26N4/c1-36(2)32-10-6-5-8-28(32)29-16-13-25(21-33(29)36)31-22-34-35(30-9-4-3-7-27(30)31)39-40(38-34)26-14-11-23(12-15-26)24-17-19-37-20-18-24/h3-22H,1-2H3. The van der Waals surface area contributed by atoms with Crippen molar-refractivity contribution in [2.75, 3.05) is 0 Å². The number of hydrogen-bond donors (Lipinski definition) is 0. The lowest BCUT2D eigenvalue weighted by Gasteiger charge is -2.22. The van der Waals surface area contributed by atoms with Gasteiger partial charge >= 0.3 is 0 Å². The molecule has 0 fully saturated rings. The summed E-state index contributed by atoms with van der Waals surface area (Å²) >= 11 is 0. The monoisotopic (exact) mass is 514 g/mol. The Labute approximate surface area is 232 Å².